The van der Waals surface area contributed by atoms with Crippen LogP contribution in [0.3, 0.4) is 0 Å². The number of ketones is 1. The molecule has 1 fully saturated rings. The Bertz CT molecular complexity index is 511. The highest BCUT2D eigenvalue weighted by Crippen LogP contribution is 2.24. The first kappa shape index (κ1) is 14.6. The summed E-state index contributed by atoms with van der Waals surface area (Å²) in [6.07, 6.45) is 2.13. The summed E-state index contributed by atoms with van der Waals surface area (Å²) in [7, 11) is 0. The predicted octanol–water partition coefficient (Wildman–Crippen LogP) is 3.54. The molecule has 108 valence electrons. The Kier molecular flexibility index (Phi) is 4.42. The van der Waals surface area contributed by atoms with Crippen LogP contribution in [-0.4, -0.2) is 29.3 Å². The van der Waals surface area contributed by atoms with Crippen molar-refractivity contribution in [3.63, 3.8) is 0 Å². The minimum absolute atomic E-state index is 0.00216. The first-order valence-electron chi connectivity index (χ1n) is 7.17. The van der Waals surface area contributed by atoms with Gasteiger partial charge in [0.15, 0.2) is 5.78 Å². The highest BCUT2D eigenvalue weighted by atomic mass is 16.2. The van der Waals surface area contributed by atoms with Gasteiger partial charge in [-0.1, -0.05) is 26.0 Å². The number of likely N-dealkylation sites (tertiary alicyclic amines) is 1. The molecular formula is C16H22N2O2. The van der Waals surface area contributed by atoms with Crippen LogP contribution in [0.5, 0.6) is 0 Å². The average Bonchev–Trinajstić information content (AvgIpc) is 2.88. The van der Waals surface area contributed by atoms with Gasteiger partial charge in [-0.2, -0.15) is 0 Å². The van der Waals surface area contributed by atoms with Gasteiger partial charge in [-0.15, -0.1) is 0 Å². The molecule has 20 heavy (non-hydrogen) atoms. The number of carbonyl (C=O) groups excluding carboxylic acids is 2. The van der Waals surface area contributed by atoms with Crippen LogP contribution < -0.4 is 5.32 Å². The minimum atomic E-state index is -0.0677. The quantitative estimate of drug-likeness (QED) is 0.857. The van der Waals surface area contributed by atoms with Gasteiger partial charge < -0.3 is 10.2 Å². The van der Waals surface area contributed by atoms with Crippen LogP contribution in [0, 0.1) is 5.92 Å². The van der Waals surface area contributed by atoms with Crippen molar-refractivity contribution in [1.82, 2.24) is 4.90 Å². The van der Waals surface area contributed by atoms with Gasteiger partial charge in [0, 0.05) is 23.8 Å². The number of carbonyl (C=O) groups is 2. The molecule has 1 aromatic rings. The van der Waals surface area contributed by atoms with Gasteiger partial charge in [0.2, 0.25) is 0 Å². The zero-order valence-electron chi connectivity index (χ0n) is 12.3. The van der Waals surface area contributed by atoms with Crippen LogP contribution in [0.25, 0.3) is 0 Å². The number of urea groups is 1. The van der Waals surface area contributed by atoms with Gasteiger partial charge in [-0.25, -0.2) is 4.79 Å². The largest absolute Gasteiger partial charge is 0.322 e. The molecule has 1 aliphatic heterocycles. The molecule has 0 bridgehead atoms. The van der Waals surface area contributed by atoms with Gasteiger partial charge in [-0.05, 0) is 37.8 Å². The average molecular weight is 274 g/mol. The maximum Gasteiger partial charge on any atom is 0.322 e. The van der Waals surface area contributed by atoms with E-state index in [1.165, 1.54) is 6.92 Å². The van der Waals surface area contributed by atoms with Crippen LogP contribution in [0.4, 0.5) is 10.5 Å². The first-order chi connectivity index (χ1) is 9.49. The molecule has 4 heteroatoms. The first-order valence-corrected chi connectivity index (χ1v) is 7.17. The number of rotatable bonds is 3. The summed E-state index contributed by atoms with van der Waals surface area (Å²) in [5.41, 5.74) is 1.29. The summed E-state index contributed by atoms with van der Waals surface area (Å²) in [4.78, 5) is 25.6. The summed E-state index contributed by atoms with van der Waals surface area (Å²) in [5.74, 6) is 0.467. The van der Waals surface area contributed by atoms with E-state index >= 15 is 0 Å². The van der Waals surface area contributed by atoms with E-state index in [2.05, 4.69) is 19.2 Å². The Labute approximate surface area is 120 Å². The molecule has 1 atom stereocenters. The molecule has 0 unspecified atom stereocenters. The molecule has 1 N–H and O–H groups in total. The fourth-order valence-corrected chi connectivity index (χ4v) is 2.75. The van der Waals surface area contributed by atoms with Gasteiger partial charge in [0.05, 0.1) is 0 Å². The van der Waals surface area contributed by atoms with E-state index in [-0.39, 0.29) is 11.8 Å². The third-order valence-corrected chi connectivity index (χ3v) is 3.85. The maximum atomic E-state index is 12.3. The second kappa shape index (κ2) is 6.07. The highest BCUT2D eigenvalue weighted by molar-refractivity contribution is 5.96. The SMILES string of the molecule is CC(=O)c1cccc(NC(=O)N2CCC[C@@H]2C(C)C)c1. The van der Waals surface area contributed by atoms with Gasteiger partial charge >= 0.3 is 6.03 Å². The van der Waals surface area contributed by atoms with E-state index in [1.807, 2.05) is 11.0 Å². The Morgan fingerprint density at radius 3 is 2.75 bits per heavy atom. The van der Waals surface area contributed by atoms with Crippen molar-refractivity contribution in [2.24, 2.45) is 5.92 Å². The fraction of sp³-hybridized carbons (Fsp3) is 0.500. The molecule has 0 aromatic heterocycles. The van der Waals surface area contributed by atoms with Crippen molar-refractivity contribution in [2.75, 3.05) is 11.9 Å². The maximum absolute atomic E-state index is 12.3. The molecular weight excluding hydrogens is 252 g/mol. The number of Topliss-reactive ketones (excluding diaryl/α,β-unsaturated/α-hetero) is 1. The Morgan fingerprint density at radius 2 is 2.10 bits per heavy atom. The normalized spacial score (nSPS) is 18.4. The summed E-state index contributed by atoms with van der Waals surface area (Å²) in [6.45, 7) is 6.62. The zero-order chi connectivity index (χ0) is 14.7. The topological polar surface area (TPSA) is 49.4 Å². The lowest BCUT2D eigenvalue weighted by atomic mass is 10.0. The zero-order valence-corrected chi connectivity index (χ0v) is 12.3. The number of benzene rings is 1. The van der Waals surface area contributed by atoms with E-state index in [9.17, 15) is 9.59 Å². The van der Waals surface area contributed by atoms with Crippen LogP contribution in [-0.2, 0) is 0 Å². The Hall–Kier alpha value is -1.84. The molecule has 1 saturated heterocycles. The summed E-state index contributed by atoms with van der Waals surface area (Å²) in [6, 6.07) is 7.32. The minimum Gasteiger partial charge on any atom is -0.321 e. The predicted molar refractivity (Wildman–Crippen MR) is 80.0 cm³/mol. The third-order valence-electron chi connectivity index (χ3n) is 3.85. The molecule has 1 heterocycles. The summed E-state index contributed by atoms with van der Waals surface area (Å²) < 4.78 is 0. The molecule has 0 saturated carbocycles. The summed E-state index contributed by atoms with van der Waals surface area (Å²) in [5, 5.41) is 2.90. The molecule has 0 spiro atoms. The number of nitrogens with one attached hydrogen (secondary N) is 1. The van der Waals surface area contributed by atoms with Crippen LogP contribution in [0.2, 0.25) is 0 Å². The second-order valence-corrected chi connectivity index (χ2v) is 5.71. The standard InChI is InChI=1S/C16H22N2O2/c1-11(2)15-8-5-9-18(15)16(20)17-14-7-4-6-13(10-14)12(3)19/h4,6-7,10-11,15H,5,8-9H2,1-3H3,(H,17,20)/t15-/m1/s1. The van der Waals surface area contributed by atoms with E-state index in [0.717, 1.165) is 19.4 Å². The molecule has 1 aliphatic rings. The van der Waals surface area contributed by atoms with Gasteiger partial charge in [0.25, 0.3) is 0 Å². The lowest BCUT2D eigenvalue weighted by Gasteiger charge is -2.27. The van der Waals surface area contributed by atoms with Crippen LogP contribution in [0.1, 0.15) is 44.0 Å². The van der Waals surface area contributed by atoms with E-state index in [4.69, 9.17) is 0 Å². The van der Waals surface area contributed by atoms with E-state index < -0.39 is 0 Å². The fourth-order valence-electron chi connectivity index (χ4n) is 2.75. The van der Waals surface area contributed by atoms with Crippen molar-refractivity contribution in [3.05, 3.63) is 29.8 Å². The molecule has 2 rings (SSSR count). The van der Waals surface area contributed by atoms with Crippen LogP contribution in [0.15, 0.2) is 24.3 Å². The Morgan fingerprint density at radius 1 is 1.35 bits per heavy atom. The van der Waals surface area contributed by atoms with Crippen molar-refractivity contribution < 1.29 is 9.59 Å². The van der Waals surface area contributed by atoms with Crippen LogP contribution >= 0.6 is 0 Å². The van der Waals surface area contributed by atoms with Crippen molar-refractivity contribution in [2.45, 2.75) is 39.7 Å². The van der Waals surface area contributed by atoms with Crippen molar-refractivity contribution in [3.8, 4) is 0 Å². The molecule has 0 radical (unpaired) electrons. The van der Waals surface area contributed by atoms with Crippen molar-refractivity contribution in [1.29, 1.82) is 0 Å². The highest BCUT2D eigenvalue weighted by Gasteiger charge is 2.30. The number of nitrogens with zero attached hydrogens (tertiary/aromatic N) is 1. The molecule has 1 aromatic carbocycles. The number of amides is 2. The van der Waals surface area contributed by atoms with E-state index in [1.54, 1.807) is 18.2 Å². The van der Waals surface area contributed by atoms with E-state index in [0.29, 0.717) is 23.2 Å². The third kappa shape index (κ3) is 3.18. The Balaban J connectivity index is 2.08. The summed E-state index contributed by atoms with van der Waals surface area (Å²) >= 11 is 0. The van der Waals surface area contributed by atoms with Gasteiger partial charge in [0.1, 0.15) is 0 Å². The molecule has 4 nitrogen and oxygen atoms in total. The monoisotopic (exact) mass is 274 g/mol. The number of hydrogen-bond acceptors (Lipinski definition) is 2. The smallest absolute Gasteiger partial charge is 0.321 e. The lowest BCUT2D eigenvalue weighted by molar-refractivity contribution is 0.101. The number of hydrogen-bond donors (Lipinski definition) is 1. The van der Waals surface area contributed by atoms with Gasteiger partial charge in [-0.3, -0.25) is 4.79 Å². The second-order valence-electron chi connectivity index (χ2n) is 5.71. The van der Waals surface area contributed by atoms with Crippen molar-refractivity contribution >= 4 is 17.5 Å². The molecule has 0 aliphatic carbocycles. The molecule has 2 amide bonds. The lowest BCUT2D eigenvalue weighted by Crippen LogP contribution is -2.41. The number of anilines is 1.